The zero-order valence-corrected chi connectivity index (χ0v) is 12.2. The zero-order chi connectivity index (χ0) is 13.8. The van der Waals surface area contributed by atoms with Crippen molar-refractivity contribution in [2.24, 2.45) is 5.92 Å². The Kier molecular flexibility index (Phi) is 4.59. The predicted molar refractivity (Wildman–Crippen MR) is 78.6 cm³/mol. The van der Waals surface area contributed by atoms with Gasteiger partial charge in [-0.25, -0.2) is 0 Å². The number of benzene rings is 1. The Balaban J connectivity index is 1.99. The maximum atomic E-state index is 12.3. The van der Waals surface area contributed by atoms with E-state index < -0.39 is 0 Å². The van der Waals surface area contributed by atoms with Crippen molar-refractivity contribution in [3.8, 4) is 0 Å². The third-order valence-electron chi connectivity index (χ3n) is 3.85. The van der Waals surface area contributed by atoms with Gasteiger partial charge in [-0.3, -0.25) is 4.79 Å². The maximum Gasteiger partial charge on any atom is 0.251 e. The van der Waals surface area contributed by atoms with Gasteiger partial charge >= 0.3 is 0 Å². The molecule has 1 aliphatic rings. The summed E-state index contributed by atoms with van der Waals surface area (Å²) in [7, 11) is 0. The number of carbonyl (C=O) groups is 1. The van der Waals surface area contributed by atoms with Crippen molar-refractivity contribution in [1.82, 2.24) is 10.6 Å². The molecule has 1 saturated heterocycles. The fraction of sp³-hybridized carbons (Fsp3) is 0.562. The molecular weight excluding hydrogens is 236 g/mol. The van der Waals surface area contributed by atoms with Crippen molar-refractivity contribution in [2.45, 2.75) is 33.6 Å². The lowest BCUT2D eigenvalue weighted by molar-refractivity contribution is 0.0943. The van der Waals surface area contributed by atoms with Crippen molar-refractivity contribution in [3.05, 3.63) is 34.4 Å². The summed E-state index contributed by atoms with van der Waals surface area (Å²) in [5, 5.41) is 6.47. The van der Waals surface area contributed by atoms with Crippen LogP contribution in [0.25, 0.3) is 0 Å². The van der Waals surface area contributed by atoms with E-state index in [9.17, 15) is 4.79 Å². The molecule has 2 rings (SSSR count). The van der Waals surface area contributed by atoms with Crippen LogP contribution in [0.2, 0.25) is 0 Å². The summed E-state index contributed by atoms with van der Waals surface area (Å²) < 4.78 is 0. The topological polar surface area (TPSA) is 41.1 Å². The lowest BCUT2D eigenvalue weighted by atomic mass is 9.97. The van der Waals surface area contributed by atoms with Gasteiger partial charge in [0.1, 0.15) is 0 Å². The number of hydrogen-bond acceptors (Lipinski definition) is 2. The monoisotopic (exact) mass is 260 g/mol. The summed E-state index contributed by atoms with van der Waals surface area (Å²) in [5.41, 5.74) is 4.19. The number of carbonyl (C=O) groups excluding carboxylic acids is 1. The molecule has 0 aliphatic carbocycles. The molecule has 3 heteroatoms. The Labute approximate surface area is 115 Å². The van der Waals surface area contributed by atoms with Crippen molar-refractivity contribution >= 4 is 5.91 Å². The van der Waals surface area contributed by atoms with Crippen LogP contribution in [0.3, 0.4) is 0 Å². The second-order valence-corrected chi connectivity index (χ2v) is 5.70. The molecule has 0 radical (unpaired) electrons. The van der Waals surface area contributed by atoms with Crippen LogP contribution in [0.1, 0.15) is 39.9 Å². The number of rotatable bonds is 3. The molecule has 1 unspecified atom stereocenters. The molecule has 1 atom stereocenters. The number of nitrogens with one attached hydrogen (secondary N) is 2. The van der Waals surface area contributed by atoms with Gasteiger partial charge in [0.2, 0.25) is 0 Å². The Bertz CT molecular complexity index is 439. The van der Waals surface area contributed by atoms with Crippen LogP contribution in [-0.2, 0) is 0 Å². The molecule has 1 aliphatic heterocycles. The molecule has 1 aromatic carbocycles. The molecule has 2 N–H and O–H groups in total. The van der Waals surface area contributed by atoms with Crippen LogP contribution < -0.4 is 10.6 Å². The molecule has 0 aromatic heterocycles. The second-order valence-electron chi connectivity index (χ2n) is 5.70. The molecule has 0 spiro atoms. The van der Waals surface area contributed by atoms with E-state index in [0.717, 1.165) is 36.3 Å². The Morgan fingerprint density at radius 2 is 2.00 bits per heavy atom. The van der Waals surface area contributed by atoms with E-state index >= 15 is 0 Å². The standard InChI is InChI=1S/C16H24N2O/c1-11-7-12(2)15(13(3)8-11)16(19)18-10-14-5-4-6-17-9-14/h7-8,14,17H,4-6,9-10H2,1-3H3,(H,18,19). The fourth-order valence-corrected chi connectivity index (χ4v) is 2.96. The minimum Gasteiger partial charge on any atom is -0.352 e. The first-order valence-electron chi connectivity index (χ1n) is 7.14. The highest BCUT2D eigenvalue weighted by Crippen LogP contribution is 2.16. The predicted octanol–water partition coefficient (Wildman–Crippen LogP) is 2.34. The maximum absolute atomic E-state index is 12.3. The number of aryl methyl sites for hydroxylation is 3. The van der Waals surface area contributed by atoms with Gasteiger partial charge in [0, 0.05) is 12.1 Å². The van der Waals surface area contributed by atoms with E-state index in [2.05, 4.69) is 29.7 Å². The third-order valence-corrected chi connectivity index (χ3v) is 3.85. The van der Waals surface area contributed by atoms with Gasteiger partial charge < -0.3 is 10.6 Å². The summed E-state index contributed by atoms with van der Waals surface area (Å²) >= 11 is 0. The van der Waals surface area contributed by atoms with E-state index in [0.29, 0.717) is 5.92 Å². The molecule has 19 heavy (non-hydrogen) atoms. The highest BCUT2D eigenvalue weighted by molar-refractivity contribution is 5.97. The number of hydrogen-bond donors (Lipinski definition) is 2. The minimum atomic E-state index is 0.0700. The molecule has 104 valence electrons. The molecular formula is C16H24N2O. The van der Waals surface area contributed by atoms with Crippen LogP contribution in [0.5, 0.6) is 0 Å². The van der Waals surface area contributed by atoms with Gasteiger partial charge in [-0.05, 0) is 63.7 Å². The SMILES string of the molecule is Cc1cc(C)c(C(=O)NCC2CCCNC2)c(C)c1. The first-order chi connectivity index (χ1) is 9.08. The average molecular weight is 260 g/mol. The molecule has 1 amide bonds. The van der Waals surface area contributed by atoms with Gasteiger partial charge in [-0.15, -0.1) is 0 Å². The van der Waals surface area contributed by atoms with Gasteiger partial charge in [0.15, 0.2) is 0 Å². The van der Waals surface area contributed by atoms with Gasteiger partial charge in [0.25, 0.3) is 5.91 Å². The van der Waals surface area contributed by atoms with E-state index in [-0.39, 0.29) is 5.91 Å². The first kappa shape index (κ1) is 14.1. The Morgan fingerprint density at radius 3 is 2.58 bits per heavy atom. The van der Waals surface area contributed by atoms with E-state index in [1.165, 1.54) is 18.4 Å². The van der Waals surface area contributed by atoms with Crippen molar-refractivity contribution in [1.29, 1.82) is 0 Å². The van der Waals surface area contributed by atoms with E-state index in [4.69, 9.17) is 0 Å². The summed E-state index contributed by atoms with van der Waals surface area (Å²) in [6.07, 6.45) is 2.42. The van der Waals surface area contributed by atoms with E-state index in [1.807, 2.05) is 13.8 Å². The lowest BCUT2D eigenvalue weighted by Crippen LogP contribution is -2.38. The highest BCUT2D eigenvalue weighted by Gasteiger charge is 2.16. The Hall–Kier alpha value is -1.35. The van der Waals surface area contributed by atoms with Crippen LogP contribution in [0.4, 0.5) is 0 Å². The van der Waals surface area contributed by atoms with Crippen molar-refractivity contribution in [2.75, 3.05) is 19.6 Å². The summed E-state index contributed by atoms with van der Waals surface area (Å²) in [6.45, 7) is 8.99. The fourth-order valence-electron chi connectivity index (χ4n) is 2.96. The summed E-state index contributed by atoms with van der Waals surface area (Å²) in [4.78, 5) is 12.3. The first-order valence-corrected chi connectivity index (χ1v) is 7.14. The molecule has 3 nitrogen and oxygen atoms in total. The summed E-state index contributed by atoms with van der Waals surface area (Å²) in [6, 6.07) is 4.15. The van der Waals surface area contributed by atoms with Crippen LogP contribution in [0.15, 0.2) is 12.1 Å². The van der Waals surface area contributed by atoms with Crippen molar-refractivity contribution in [3.63, 3.8) is 0 Å². The molecule has 0 bridgehead atoms. The summed E-state index contributed by atoms with van der Waals surface area (Å²) in [5.74, 6) is 0.643. The number of piperidine rings is 1. The number of amides is 1. The van der Waals surface area contributed by atoms with Crippen molar-refractivity contribution < 1.29 is 4.79 Å². The molecule has 0 saturated carbocycles. The van der Waals surface area contributed by atoms with E-state index in [1.54, 1.807) is 0 Å². The Morgan fingerprint density at radius 1 is 1.32 bits per heavy atom. The van der Waals surface area contributed by atoms with Gasteiger partial charge in [-0.1, -0.05) is 17.7 Å². The van der Waals surface area contributed by atoms with Gasteiger partial charge in [0.05, 0.1) is 0 Å². The van der Waals surface area contributed by atoms with Crippen LogP contribution in [-0.4, -0.2) is 25.5 Å². The minimum absolute atomic E-state index is 0.0700. The van der Waals surface area contributed by atoms with Crippen LogP contribution >= 0.6 is 0 Å². The smallest absolute Gasteiger partial charge is 0.251 e. The normalized spacial score (nSPS) is 19.2. The second kappa shape index (κ2) is 6.20. The van der Waals surface area contributed by atoms with Gasteiger partial charge in [-0.2, -0.15) is 0 Å². The highest BCUT2D eigenvalue weighted by atomic mass is 16.1. The zero-order valence-electron chi connectivity index (χ0n) is 12.2. The third kappa shape index (κ3) is 3.57. The van der Waals surface area contributed by atoms with Crippen LogP contribution in [0, 0.1) is 26.7 Å². The largest absolute Gasteiger partial charge is 0.352 e. The molecule has 1 aromatic rings. The molecule has 1 heterocycles. The quantitative estimate of drug-likeness (QED) is 0.876. The molecule has 1 fully saturated rings. The lowest BCUT2D eigenvalue weighted by Gasteiger charge is -2.23. The average Bonchev–Trinajstić information content (AvgIpc) is 2.36.